The number of aldehydes is 1. The number of hydrogen-bond acceptors (Lipinski definition) is 2. The van der Waals surface area contributed by atoms with Crippen molar-refractivity contribution < 1.29 is 9.32 Å². The lowest BCUT2D eigenvalue weighted by molar-refractivity contribution is -0.110. The second-order valence-corrected chi connectivity index (χ2v) is 4.39. The monoisotopic (exact) mass is 284 g/mol. The molecular formula is C16H29O2P. The Morgan fingerprint density at radius 1 is 1.26 bits per heavy atom. The normalized spacial score (nSPS) is 10.4. The molecule has 19 heavy (non-hydrogen) atoms. The van der Waals surface area contributed by atoms with Crippen molar-refractivity contribution in [2.75, 3.05) is 0 Å². The first-order chi connectivity index (χ1) is 9.24. The predicted molar refractivity (Wildman–Crippen MR) is 87.0 cm³/mol. The summed E-state index contributed by atoms with van der Waals surface area (Å²) in [6, 6.07) is 10.1. The van der Waals surface area contributed by atoms with E-state index in [-0.39, 0.29) is 5.92 Å². The molecule has 2 nitrogen and oxygen atoms in total. The summed E-state index contributed by atoms with van der Waals surface area (Å²) in [6.45, 7) is 8.77. The molecule has 0 radical (unpaired) electrons. The average Bonchev–Trinajstić information content (AvgIpc) is 2.49. The molecule has 0 fully saturated rings. The molecule has 0 aliphatic heterocycles. The van der Waals surface area contributed by atoms with Gasteiger partial charge in [-0.1, -0.05) is 70.9 Å². The third kappa shape index (κ3) is 15.2. The van der Waals surface area contributed by atoms with Crippen molar-refractivity contribution in [2.45, 2.75) is 53.6 Å². The molecule has 3 heteroatoms. The second-order valence-electron chi connectivity index (χ2n) is 4.05. The first kappa shape index (κ1) is 20.6. The fraction of sp³-hybridized carbons (Fsp3) is 0.562. The quantitative estimate of drug-likeness (QED) is 0.541. The van der Waals surface area contributed by atoms with Crippen LogP contribution in [0.2, 0.25) is 0 Å². The third-order valence-corrected chi connectivity index (χ3v) is 2.50. The molecule has 110 valence electrons. The Kier molecular flexibility index (Phi) is 18.7. The zero-order chi connectivity index (χ0) is 14.9. The molecular weight excluding hydrogens is 255 g/mol. The Bertz CT molecular complexity index is 275. The maximum Gasteiger partial charge on any atom is 0.122 e. The highest BCUT2D eigenvalue weighted by Crippen LogP contribution is 2.03. The maximum atomic E-state index is 10.0. The van der Waals surface area contributed by atoms with Gasteiger partial charge in [0.05, 0.1) is 6.61 Å². The van der Waals surface area contributed by atoms with E-state index in [2.05, 4.69) is 16.4 Å². The summed E-state index contributed by atoms with van der Waals surface area (Å²) >= 11 is 0. The Hall–Kier alpha value is -0.720. The lowest BCUT2D eigenvalue weighted by Crippen LogP contribution is -1.93. The summed E-state index contributed by atoms with van der Waals surface area (Å²) in [7, 11) is 2.23. The fourth-order valence-electron chi connectivity index (χ4n) is 1.26. The van der Waals surface area contributed by atoms with Crippen molar-refractivity contribution >= 4 is 15.8 Å². The van der Waals surface area contributed by atoms with E-state index in [1.165, 1.54) is 18.4 Å². The predicted octanol–water partition coefficient (Wildman–Crippen LogP) is 5.03. The van der Waals surface area contributed by atoms with Crippen molar-refractivity contribution in [3.8, 4) is 0 Å². The van der Waals surface area contributed by atoms with Crippen LogP contribution in [0.5, 0.6) is 0 Å². The van der Waals surface area contributed by atoms with Crippen molar-refractivity contribution in [1.82, 2.24) is 0 Å². The van der Waals surface area contributed by atoms with Gasteiger partial charge in [0, 0.05) is 15.4 Å². The molecule has 1 aromatic carbocycles. The summed E-state index contributed by atoms with van der Waals surface area (Å²) in [5, 5.41) is 0. The highest BCUT2D eigenvalue weighted by molar-refractivity contribution is 7.09. The number of carbonyl (C=O) groups is 1. The molecule has 0 spiro atoms. The SMILES string of the molecule is CC.CCCCC(C)C=O.POCc1ccccc1. The van der Waals surface area contributed by atoms with Gasteiger partial charge in [0.1, 0.15) is 6.29 Å². The van der Waals surface area contributed by atoms with E-state index >= 15 is 0 Å². The minimum atomic E-state index is 0.273. The van der Waals surface area contributed by atoms with Crippen molar-refractivity contribution in [2.24, 2.45) is 5.92 Å². The van der Waals surface area contributed by atoms with Gasteiger partial charge in [0.2, 0.25) is 0 Å². The summed E-state index contributed by atoms with van der Waals surface area (Å²) in [5.41, 5.74) is 1.20. The van der Waals surface area contributed by atoms with Gasteiger partial charge in [-0.2, -0.15) is 0 Å². The Morgan fingerprint density at radius 3 is 2.26 bits per heavy atom. The van der Waals surface area contributed by atoms with Crippen LogP contribution in [-0.4, -0.2) is 6.29 Å². The topological polar surface area (TPSA) is 26.3 Å². The van der Waals surface area contributed by atoms with E-state index in [1.807, 2.05) is 51.1 Å². The Labute approximate surface area is 121 Å². The average molecular weight is 284 g/mol. The molecule has 2 atom stereocenters. The van der Waals surface area contributed by atoms with Gasteiger partial charge < -0.3 is 9.32 Å². The largest absolute Gasteiger partial charge is 0.361 e. The molecule has 0 saturated carbocycles. The van der Waals surface area contributed by atoms with Crippen LogP contribution < -0.4 is 0 Å². The van der Waals surface area contributed by atoms with Crippen LogP contribution in [-0.2, 0) is 15.9 Å². The lowest BCUT2D eigenvalue weighted by Gasteiger charge is -1.97. The third-order valence-electron chi connectivity index (χ3n) is 2.34. The van der Waals surface area contributed by atoms with Gasteiger partial charge in [0.15, 0.2) is 0 Å². The molecule has 0 aromatic heterocycles. The lowest BCUT2D eigenvalue weighted by atomic mass is 10.1. The van der Waals surface area contributed by atoms with Crippen LogP contribution in [0, 0.1) is 5.92 Å². The standard InChI is InChI=1S/C7H9OP.C7H14O.C2H6/c9-8-6-7-4-2-1-3-5-7;1-3-4-5-7(2)6-8;1-2/h1-5H,6,9H2;6-7H,3-5H2,1-2H3;1-2H3. The Morgan fingerprint density at radius 2 is 1.84 bits per heavy atom. The van der Waals surface area contributed by atoms with E-state index in [9.17, 15) is 4.79 Å². The first-order valence-corrected chi connectivity index (χ1v) is 7.52. The van der Waals surface area contributed by atoms with Gasteiger partial charge in [0.25, 0.3) is 0 Å². The maximum absolute atomic E-state index is 10.0. The molecule has 0 aliphatic carbocycles. The van der Waals surface area contributed by atoms with Gasteiger partial charge in [-0.15, -0.1) is 0 Å². The van der Waals surface area contributed by atoms with Crippen LogP contribution in [0.3, 0.4) is 0 Å². The Balaban J connectivity index is 0. The molecule has 1 aromatic rings. The summed E-state index contributed by atoms with van der Waals surface area (Å²) in [6.07, 6.45) is 4.45. The number of carbonyl (C=O) groups excluding carboxylic acids is 1. The molecule has 0 amide bonds. The number of benzene rings is 1. The van der Waals surface area contributed by atoms with Gasteiger partial charge in [-0.25, -0.2) is 0 Å². The van der Waals surface area contributed by atoms with E-state index in [0.29, 0.717) is 6.61 Å². The van der Waals surface area contributed by atoms with E-state index in [4.69, 9.17) is 4.52 Å². The summed E-state index contributed by atoms with van der Waals surface area (Å²) in [4.78, 5) is 10.0. The summed E-state index contributed by atoms with van der Waals surface area (Å²) in [5.74, 6) is 0.273. The zero-order valence-electron chi connectivity index (χ0n) is 12.8. The molecule has 0 bridgehead atoms. The van der Waals surface area contributed by atoms with Crippen LogP contribution >= 0.6 is 9.47 Å². The molecule has 0 saturated heterocycles. The van der Waals surface area contributed by atoms with Crippen molar-refractivity contribution in [3.05, 3.63) is 35.9 Å². The van der Waals surface area contributed by atoms with Crippen LogP contribution in [0.4, 0.5) is 0 Å². The van der Waals surface area contributed by atoms with E-state index in [0.717, 1.165) is 12.7 Å². The van der Waals surface area contributed by atoms with E-state index < -0.39 is 0 Å². The van der Waals surface area contributed by atoms with Gasteiger partial charge in [-0.3, -0.25) is 0 Å². The first-order valence-electron chi connectivity index (χ1n) is 7.05. The molecule has 2 unspecified atom stereocenters. The van der Waals surface area contributed by atoms with Crippen LogP contribution in [0.25, 0.3) is 0 Å². The minimum Gasteiger partial charge on any atom is -0.361 e. The van der Waals surface area contributed by atoms with Gasteiger partial charge >= 0.3 is 0 Å². The number of rotatable bonds is 6. The van der Waals surface area contributed by atoms with Crippen LogP contribution in [0.1, 0.15) is 52.5 Å². The van der Waals surface area contributed by atoms with E-state index in [1.54, 1.807) is 0 Å². The molecule has 0 heterocycles. The van der Waals surface area contributed by atoms with Crippen LogP contribution in [0.15, 0.2) is 30.3 Å². The zero-order valence-corrected chi connectivity index (χ0v) is 13.9. The van der Waals surface area contributed by atoms with Crippen molar-refractivity contribution in [3.63, 3.8) is 0 Å². The van der Waals surface area contributed by atoms with Gasteiger partial charge in [-0.05, 0) is 12.0 Å². The highest BCUT2D eigenvalue weighted by atomic mass is 31.0. The highest BCUT2D eigenvalue weighted by Gasteiger charge is 1.95. The van der Waals surface area contributed by atoms with Crippen molar-refractivity contribution in [1.29, 1.82) is 0 Å². The fourth-order valence-corrected chi connectivity index (χ4v) is 1.46. The smallest absolute Gasteiger partial charge is 0.122 e. The molecule has 0 N–H and O–H groups in total. The minimum absolute atomic E-state index is 0.273. The summed E-state index contributed by atoms with van der Waals surface area (Å²) < 4.78 is 4.84. The molecule has 0 aliphatic rings. The molecule has 1 rings (SSSR count). The second kappa shape index (κ2) is 17.3. The number of hydrogen-bond donors (Lipinski definition) is 0. The number of unbranched alkanes of at least 4 members (excludes halogenated alkanes) is 1.